The highest BCUT2D eigenvalue weighted by atomic mass is 16.6. The van der Waals surface area contributed by atoms with Crippen molar-refractivity contribution in [3.05, 3.63) is 18.0 Å². The maximum atomic E-state index is 6.64. The summed E-state index contributed by atoms with van der Waals surface area (Å²) in [5, 5.41) is 0. The lowest BCUT2D eigenvalue weighted by molar-refractivity contribution is 0.172. The van der Waals surface area contributed by atoms with E-state index in [4.69, 9.17) is 20.2 Å². The molecule has 5 heteroatoms. The molecule has 1 aliphatic carbocycles. The standard InChI is InChI=1S/C16H21N3O2/c17-16(5-3-1-2-4-6-16)15-18-11-9-13-14(10-12(11)19-15)21-8-7-20-13/h9-10H,1-8,17H2,(H,18,19). The lowest BCUT2D eigenvalue weighted by Gasteiger charge is -2.25. The van der Waals surface area contributed by atoms with Gasteiger partial charge in [0.05, 0.1) is 16.6 Å². The number of aromatic nitrogens is 2. The summed E-state index contributed by atoms with van der Waals surface area (Å²) in [4.78, 5) is 8.15. The Labute approximate surface area is 123 Å². The number of aromatic amines is 1. The third-order valence-electron chi connectivity index (χ3n) is 4.61. The largest absolute Gasteiger partial charge is 0.486 e. The number of nitrogens with zero attached hydrogens (tertiary/aromatic N) is 1. The van der Waals surface area contributed by atoms with Crippen LogP contribution in [0.25, 0.3) is 11.0 Å². The summed E-state index contributed by atoms with van der Waals surface area (Å²) in [5.41, 5.74) is 8.20. The molecule has 5 nitrogen and oxygen atoms in total. The highest BCUT2D eigenvalue weighted by molar-refractivity contribution is 5.80. The quantitative estimate of drug-likeness (QED) is 0.791. The van der Waals surface area contributed by atoms with Crippen LogP contribution >= 0.6 is 0 Å². The average molecular weight is 287 g/mol. The molecular formula is C16H21N3O2. The summed E-state index contributed by atoms with van der Waals surface area (Å²) in [7, 11) is 0. The zero-order valence-corrected chi connectivity index (χ0v) is 12.2. The van der Waals surface area contributed by atoms with Crippen molar-refractivity contribution < 1.29 is 9.47 Å². The predicted molar refractivity (Wildman–Crippen MR) is 80.7 cm³/mol. The maximum absolute atomic E-state index is 6.64. The molecule has 1 aliphatic heterocycles. The van der Waals surface area contributed by atoms with Crippen LogP contribution in [-0.4, -0.2) is 23.2 Å². The molecule has 2 heterocycles. The van der Waals surface area contributed by atoms with Gasteiger partial charge in [-0.2, -0.15) is 0 Å². The van der Waals surface area contributed by atoms with Gasteiger partial charge < -0.3 is 20.2 Å². The Morgan fingerprint density at radius 1 is 1.00 bits per heavy atom. The number of ether oxygens (including phenoxy) is 2. The molecule has 1 aromatic carbocycles. The van der Waals surface area contributed by atoms with Crippen molar-refractivity contribution in [2.75, 3.05) is 13.2 Å². The number of hydrogen-bond donors (Lipinski definition) is 2. The van der Waals surface area contributed by atoms with Crippen LogP contribution in [0.1, 0.15) is 44.3 Å². The second-order valence-corrected chi connectivity index (χ2v) is 6.17. The number of hydrogen-bond acceptors (Lipinski definition) is 4. The molecule has 4 rings (SSSR count). The summed E-state index contributed by atoms with van der Waals surface area (Å²) < 4.78 is 11.2. The molecule has 0 saturated heterocycles. The minimum atomic E-state index is -0.322. The minimum Gasteiger partial charge on any atom is -0.486 e. The van der Waals surface area contributed by atoms with Crippen molar-refractivity contribution in [3.63, 3.8) is 0 Å². The lowest BCUT2D eigenvalue weighted by Crippen LogP contribution is -2.37. The third-order valence-corrected chi connectivity index (χ3v) is 4.61. The van der Waals surface area contributed by atoms with Gasteiger partial charge >= 0.3 is 0 Å². The summed E-state index contributed by atoms with van der Waals surface area (Å²) in [6.45, 7) is 1.19. The molecule has 1 saturated carbocycles. The molecule has 0 radical (unpaired) electrons. The van der Waals surface area contributed by atoms with Gasteiger partial charge in [0.1, 0.15) is 19.0 Å². The Bertz CT molecular complexity index is 614. The van der Waals surface area contributed by atoms with Gasteiger partial charge in [-0.3, -0.25) is 0 Å². The fourth-order valence-corrected chi connectivity index (χ4v) is 3.38. The van der Waals surface area contributed by atoms with E-state index >= 15 is 0 Å². The van der Waals surface area contributed by atoms with E-state index < -0.39 is 0 Å². The Kier molecular flexibility index (Phi) is 3.03. The smallest absolute Gasteiger partial charge is 0.163 e. The van der Waals surface area contributed by atoms with E-state index in [0.29, 0.717) is 13.2 Å². The van der Waals surface area contributed by atoms with Crippen LogP contribution in [0.15, 0.2) is 12.1 Å². The van der Waals surface area contributed by atoms with Crippen LogP contribution in [-0.2, 0) is 5.54 Å². The van der Waals surface area contributed by atoms with Crippen LogP contribution in [0.2, 0.25) is 0 Å². The molecule has 0 spiro atoms. The van der Waals surface area contributed by atoms with E-state index in [0.717, 1.165) is 41.2 Å². The van der Waals surface area contributed by atoms with Crippen molar-refractivity contribution in [2.45, 2.75) is 44.1 Å². The first-order valence-electron chi connectivity index (χ1n) is 7.83. The number of benzene rings is 1. The van der Waals surface area contributed by atoms with Gasteiger partial charge in [-0.15, -0.1) is 0 Å². The molecule has 1 fully saturated rings. The van der Waals surface area contributed by atoms with Crippen LogP contribution in [0.3, 0.4) is 0 Å². The van der Waals surface area contributed by atoms with Gasteiger partial charge in [-0.25, -0.2) is 4.98 Å². The van der Waals surface area contributed by atoms with Crippen molar-refractivity contribution in [1.82, 2.24) is 9.97 Å². The fraction of sp³-hybridized carbons (Fsp3) is 0.562. The lowest BCUT2D eigenvalue weighted by atomic mass is 9.91. The van der Waals surface area contributed by atoms with Crippen molar-refractivity contribution in [3.8, 4) is 11.5 Å². The second-order valence-electron chi connectivity index (χ2n) is 6.17. The SMILES string of the molecule is NC1(c2nc3cc4c(cc3[nH]2)OCCO4)CCCCCC1. The van der Waals surface area contributed by atoms with Gasteiger partial charge in [0, 0.05) is 12.1 Å². The number of imidazole rings is 1. The summed E-state index contributed by atoms with van der Waals surface area (Å²) in [5.74, 6) is 2.47. The molecule has 0 unspecified atom stereocenters. The zero-order valence-electron chi connectivity index (χ0n) is 12.2. The number of H-pyrrole nitrogens is 1. The monoisotopic (exact) mass is 287 g/mol. The highest BCUT2D eigenvalue weighted by Gasteiger charge is 2.31. The number of nitrogens with one attached hydrogen (secondary N) is 1. The topological polar surface area (TPSA) is 73.2 Å². The first-order chi connectivity index (χ1) is 10.2. The van der Waals surface area contributed by atoms with E-state index in [1.165, 1.54) is 25.7 Å². The first-order valence-corrected chi connectivity index (χ1v) is 7.83. The van der Waals surface area contributed by atoms with E-state index in [1.54, 1.807) is 0 Å². The molecule has 0 atom stereocenters. The third kappa shape index (κ3) is 2.25. The van der Waals surface area contributed by atoms with Crippen molar-refractivity contribution in [1.29, 1.82) is 0 Å². The van der Waals surface area contributed by atoms with E-state index in [9.17, 15) is 0 Å². The molecule has 3 N–H and O–H groups in total. The van der Waals surface area contributed by atoms with Gasteiger partial charge in [0.25, 0.3) is 0 Å². The molecule has 0 amide bonds. The zero-order chi connectivity index (χ0) is 14.3. The number of nitrogens with two attached hydrogens (primary N) is 1. The Hall–Kier alpha value is -1.75. The average Bonchev–Trinajstić information content (AvgIpc) is 2.79. The van der Waals surface area contributed by atoms with E-state index in [2.05, 4.69) is 4.98 Å². The first kappa shape index (κ1) is 13.0. The molecule has 1 aromatic heterocycles. The minimum absolute atomic E-state index is 0.322. The van der Waals surface area contributed by atoms with Crippen LogP contribution in [0.5, 0.6) is 11.5 Å². The van der Waals surface area contributed by atoms with E-state index in [1.807, 2.05) is 12.1 Å². The molecule has 2 aliphatic rings. The predicted octanol–water partition coefficient (Wildman–Crippen LogP) is 2.84. The summed E-state index contributed by atoms with van der Waals surface area (Å²) in [6, 6.07) is 3.92. The Morgan fingerprint density at radius 3 is 2.38 bits per heavy atom. The maximum Gasteiger partial charge on any atom is 0.163 e. The van der Waals surface area contributed by atoms with Gasteiger partial charge in [-0.05, 0) is 12.8 Å². The fourth-order valence-electron chi connectivity index (χ4n) is 3.38. The van der Waals surface area contributed by atoms with Crippen LogP contribution in [0.4, 0.5) is 0 Å². The molecule has 0 bridgehead atoms. The van der Waals surface area contributed by atoms with Crippen LogP contribution < -0.4 is 15.2 Å². The molecule has 21 heavy (non-hydrogen) atoms. The van der Waals surface area contributed by atoms with Crippen LogP contribution in [0, 0.1) is 0 Å². The molecular weight excluding hydrogens is 266 g/mol. The van der Waals surface area contributed by atoms with Gasteiger partial charge in [0.15, 0.2) is 11.5 Å². The number of fused-ring (bicyclic) bond motifs is 2. The van der Waals surface area contributed by atoms with Gasteiger partial charge in [-0.1, -0.05) is 25.7 Å². The molecule has 2 aromatic rings. The van der Waals surface area contributed by atoms with Gasteiger partial charge in [0.2, 0.25) is 0 Å². The second kappa shape index (κ2) is 4.91. The number of rotatable bonds is 1. The Balaban J connectivity index is 1.76. The van der Waals surface area contributed by atoms with Crippen molar-refractivity contribution in [2.24, 2.45) is 5.73 Å². The van der Waals surface area contributed by atoms with E-state index in [-0.39, 0.29) is 5.54 Å². The van der Waals surface area contributed by atoms with Crippen molar-refractivity contribution >= 4 is 11.0 Å². The highest BCUT2D eigenvalue weighted by Crippen LogP contribution is 2.37. The summed E-state index contributed by atoms with van der Waals surface area (Å²) in [6.07, 6.45) is 6.90. The normalized spacial score (nSPS) is 21.2. The molecule has 112 valence electrons. The Morgan fingerprint density at radius 2 is 1.67 bits per heavy atom. The summed E-state index contributed by atoms with van der Waals surface area (Å²) >= 11 is 0.